The van der Waals surface area contributed by atoms with Gasteiger partial charge in [0.05, 0.1) is 11.4 Å². The number of carbonyl (C=O) groups excluding carboxylic acids is 1. The maximum Gasteiger partial charge on any atom is 0.258 e. The highest BCUT2D eigenvalue weighted by atomic mass is 79.9. The molecular weight excluding hydrogens is 308 g/mol. The molecule has 1 N–H and O–H groups in total. The lowest BCUT2D eigenvalue weighted by Crippen LogP contribution is -2.16. The summed E-state index contributed by atoms with van der Waals surface area (Å²) in [6.07, 6.45) is 0. The Balaban J connectivity index is 2.25. The van der Waals surface area contributed by atoms with Crippen LogP contribution in [0.4, 0.5) is 5.95 Å². The summed E-state index contributed by atoms with van der Waals surface area (Å²) in [5.74, 6) is -0.0312. The predicted molar refractivity (Wildman–Crippen MR) is 76.1 cm³/mol. The van der Waals surface area contributed by atoms with Crippen molar-refractivity contribution in [3.63, 3.8) is 0 Å². The van der Waals surface area contributed by atoms with Crippen LogP contribution >= 0.6 is 15.9 Å². The van der Waals surface area contributed by atoms with Gasteiger partial charge in [-0.2, -0.15) is 5.10 Å². The number of halogens is 1. The number of benzene rings is 1. The van der Waals surface area contributed by atoms with Crippen LogP contribution in [0.1, 0.15) is 27.3 Å². The molecule has 0 spiro atoms. The topological polar surface area (TPSA) is 67.8 Å². The van der Waals surface area contributed by atoms with Crippen LogP contribution in [0.25, 0.3) is 0 Å². The minimum absolute atomic E-state index is 0.215. The van der Waals surface area contributed by atoms with Crippen LogP contribution in [0.3, 0.4) is 0 Å². The van der Waals surface area contributed by atoms with Crippen molar-refractivity contribution >= 4 is 27.8 Å². The highest BCUT2D eigenvalue weighted by Gasteiger charge is 2.12. The molecule has 2 rings (SSSR count). The van der Waals surface area contributed by atoms with Crippen LogP contribution in [0.2, 0.25) is 0 Å². The second kappa shape index (κ2) is 5.44. The molecular formula is C13H13BrN4O. The Morgan fingerprint density at radius 3 is 2.58 bits per heavy atom. The number of carbonyl (C=O) groups is 1. The smallest absolute Gasteiger partial charge is 0.258 e. The van der Waals surface area contributed by atoms with E-state index >= 15 is 0 Å². The largest absolute Gasteiger partial charge is 0.289 e. The van der Waals surface area contributed by atoms with E-state index in [1.54, 1.807) is 6.07 Å². The lowest BCUT2D eigenvalue weighted by Gasteiger charge is -2.07. The van der Waals surface area contributed by atoms with E-state index in [4.69, 9.17) is 0 Å². The third-order valence-corrected chi connectivity index (χ3v) is 3.25. The molecule has 0 saturated carbocycles. The first-order valence-electron chi connectivity index (χ1n) is 5.73. The van der Waals surface area contributed by atoms with Gasteiger partial charge in [-0.05, 0) is 38.5 Å². The summed E-state index contributed by atoms with van der Waals surface area (Å²) in [6.45, 7) is 5.52. The third kappa shape index (κ3) is 3.14. The second-order valence-electron chi connectivity index (χ2n) is 4.22. The lowest BCUT2D eigenvalue weighted by molar-refractivity contribution is 0.102. The van der Waals surface area contributed by atoms with Crippen LogP contribution in [-0.4, -0.2) is 21.1 Å². The first-order chi connectivity index (χ1) is 8.97. The Morgan fingerprint density at radius 1 is 1.16 bits per heavy atom. The summed E-state index contributed by atoms with van der Waals surface area (Å²) in [5, 5.41) is 10.4. The Hall–Kier alpha value is -1.82. The zero-order chi connectivity index (χ0) is 14.0. The van der Waals surface area contributed by atoms with Crippen molar-refractivity contribution in [3.05, 3.63) is 45.2 Å². The molecule has 1 aromatic heterocycles. The van der Waals surface area contributed by atoms with Crippen molar-refractivity contribution < 1.29 is 4.79 Å². The van der Waals surface area contributed by atoms with Gasteiger partial charge in [0.25, 0.3) is 5.91 Å². The van der Waals surface area contributed by atoms with Crippen LogP contribution in [-0.2, 0) is 0 Å². The summed E-state index contributed by atoms with van der Waals surface area (Å²) in [5.41, 5.74) is 2.96. The second-order valence-corrected chi connectivity index (χ2v) is 5.14. The number of hydrogen-bond donors (Lipinski definition) is 1. The number of aryl methyl sites for hydroxylation is 3. The highest BCUT2D eigenvalue weighted by molar-refractivity contribution is 9.10. The van der Waals surface area contributed by atoms with Gasteiger partial charge < -0.3 is 0 Å². The van der Waals surface area contributed by atoms with Gasteiger partial charge in [0.15, 0.2) is 0 Å². The number of anilines is 1. The van der Waals surface area contributed by atoms with Crippen molar-refractivity contribution in [1.82, 2.24) is 15.2 Å². The standard InChI is InChI=1S/C13H13BrN4O/c1-7-4-5-10(14)6-11(7)12(19)16-13-15-8(2)9(3)17-18-13/h4-6H,1-3H3,(H,15,16,18,19). The van der Waals surface area contributed by atoms with E-state index in [-0.39, 0.29) is 11.9 Å². The molecule has 0 radical (unpaired) electrons. The summed E-state index contributed by atoms with van der Waals surface area (Å²) in [7, 11) is 0. The molecule has 6 heteroatoms. The SMILES string of the molecule is Cc1ccc(Br)cc1C(=O)Nc1nnc(C)c(C)n1. The van der Waals surface area contributed by atoms with Crippen LogP contribution in [0, 0.1) is 20.8 Å². The normalized spacial score (nSPS) is 10.3. The third-order valence-electron chi connectivity index (χ3n) is 2.76. The van der Waals surface area contributed by atoms with E-state index < -0.39 is 0 Å². The number of nitrogens with zero attached hydrogens (tertiary/aromatic N) is 3. The van der Waals surface area contributed by atoms with E-state index in [1.807, 2.05) is 32.9 Å². The molecule has 0 unspecified atom stereocenters. The Bertz CT molecular complexity index is 643. The van der Waals surface area contributed by atoms with Gasteiger partial charge in [0.2, 0.25) is 5.95 Å². The van der Waals surface area contributed by atoms with Gasteiger partial charge in [0, 0.05) is 10.0 Å². The first kappa shape index (κ1) is 13.6. The molecule has 0 aliphatic carbocycles. The molecule has 0 bridgehead atoms. The van der Waals surface area contributed by atoms with Gasteiger partial charge in [-0.15, -0.1) is 5.10 Å². The van der Waals surface area contributed by atoms with Crippen molar-refractivity contribution in [2.75, 3.05) is 5.32 Å². The average Bonchev–Trinajstić information content (AvgIpc) is 2.36. The minimum Gasteiger partial charge on any atom is -0.289 e. The number of hydrogen-bond acceptors (Lipinski definition) is 4. The molecule has 1 heterocycles. The maximum absolute atomic E-state index is 12.1. The fourth-order valence-corrected chi connectivity index (χ4v) is 1.88. The highest BCUT2D eigenvalue weighted by Crippen LogP contribution is 2.17. The maximum atomic E-state index is 12.1. The zero-order valence-electron chi connectivity index (χ0n) is 10.9. The Labute approximate surface area is 119 Å². The predicted octanol–water partition coefficient (Wildman–Crippen LogP) is 2.81. The van der Waals surface area contributed by atoms with Gasteiger partial charge in [-0.25, -0.2) is 4.98 Å². The van der Waals surface area contributed by atoms with Crippen molar-refractivity contribution in [2.24, 2.45) is 0 Å². The number of amides is 1. The van der Waals surface area contributed by atoms with E-state index in [2.05, 4.69) is 36.4 Å². The molecule has 5 nitrogen and oxygen atoms in total. The Morgan fingerprint density at radius 2 is 1.89 bits per heavy atom. The molecule has 98 valence electrons. The monoisotopic (exact) mass is 320 g/mol. The van der Waals surface area contributed by atoms with Crippen molar-refractivity contribution in [2.45, 2.75) is 20.8 Å². The molecule has 0 aliphatic rings. The molecule has 1 amide bonds. The Kier molecular flexibility index (Phi) is 3.90. The molecule has 0 atom stereocenters. The first-order valence-corrected chi connectivity index (χ1v) is 6.52. The number of aromatic nitrogens is 3. The van der Waals surface area contributed by atoms with Crippen molar-refractivity contribution in [1.29, 1.82) is 0 Å². The fourth-order valence-electron chi connectivity index (χ4n) is 1.52. The van der Waals surface area contributed by atoms with E-state index in [0.29, 0.717) is 5.56 Å². The summed E-state index contributed by atoms with van der Waals surface area (Å²) < 4.78 is 0.849. The van der Waals surface area contributed by atoms with E-state index in [0.717, 1.165) is 21.4 Å². The average molecular weight is 321 g/mol. The van der Waals surface area contributed by atoms with Crippen molar-refractivity contribution in [3.8, 4) is 0 Å². The quantitative estimate of drug-likeness (QED) is 0.923. The van der Waals surface area contributed by atoms with Crippen LogP contribution in [0.5, 0.6) is 0 Å². The van der Waals surface area contributed by atoms with Crippen LogP contribution < -0.4 is 5.32 Å². The zero-order valence-corrected chi connectivity index (χ0v) is 12.4. The molecule has 0 saturated heterocycles. The van der Waals surface area contributed by atoms with E-state index in [9.17, 15) is 4.79 Å². The van der Waals surface area contributed by atoms with E-state index in [1.165, 1.54) is 0 Å². The van der Waals surface area contributed by atoms with Gasteiger partial charge in [-0.3, -0.25) is 10.1 Å². The van der Waals surface area contributed by atoms with Crippen LogP contribution in [0.15, 0.2) is 22.7 Å². The number of nitrogens with one attached hydrogen (secondary N) is 1. The van der Waals surface area contributed by atoms with Gasteiger partial charge in [0.1, 0.15) is 0 Å². The van der Waals surface area contributed by atoms with Gasteiger partial charge >= 0.3 is 0 Å². The summed E-state index contributed by atoms with van der Waals surface area (Å²) in [4.78, 5) is 16.3. The molecule has 19 heavy (non-hydrogen) atoms. The summed E-state index contributed by atoms with van der Waals surface area (Å²) >= 11 is 3.35. The molecule has 0 fully saturated rings. The minimum atomic E-state index is -0.246. The molecule has 2 aromatic rings. The molecule has 0 aliphatic heterocycles. The fraction of sp³-hybridized carbons (Fsp3) is 0.231. The lowest BCUT2D eigenvalue weighted by atomic mass is 10.1. The molecule has 1 aromatic carbocycles. The van der Waals surface area contributed by atoms with Gasteiger partial charge in [-0.1, -0.05) is 22.0 Å². The summed E-state index contributed by atoms with van der Waals surface area (Å²) in [6, 6.07) is 5.53. The number of rotatable bonds is 2.